The third kappa shape index (κ3) is 7.11. The van der Waals surface area contributed by atoms with Crippen molar-refractivity contribution in [2.75, 3.05) is 17.7 Å². The van der Waals surface area contributed by atoms with Crippen molar-refractivity contribution in [3.63, 3.8) is 0 Å². The van der Waals surface area contributed by atoms with Crippen LogP contribution in [0.25, 0.3) is 11.1 Å². The predicted octanol–water partition coefficient (Wildman–Crippen LogP) is 6.89. The monoisotopic (exact) mass is 551 g/mol. The lowest BCUT2D eigenvalue weighted by Crippen LogP contribution is -2.25. The first-order chi connectivity index (χ1) is 19.3. The highest BCUT2D eigenvalue weighted by Gasteiger charge is 2.16. The first kappa shape index (κ1) is 29.7. The molecule has 0 radical (unpaired) electrons. The molecular weight excluding hydrogens is 510 g/mol. The Hall–Kier alpha value is -4.23. The van der Waals surface area contributed by atoms with E-state index in [1.54, 1.807) is 11.6 Å². The molecule has 0 bridgehead atoms. The molecular formula is C34H41N5O2. The van der Waals surface area contributed by atoms with Gasteiger partial charge >= 0.3 is 0 Å². The maximum Gasteiger partial charge on any atom is 0.274 e. The van der Waals surface area contributed by atoms with E-state index in [1.807, 2.05) is 80.0 Å². The van der Waals surface area contributed by atoms with Crippen LogP contribution in [0.4, 0.5) is 17.2 Å². The van der Waals surface area contributed by atoms with Crippen molar-refractivity contribution in [3.05, 3.63) is 106 Å². The smallest absolute Gasteiger partial charge is 0.274 e. The van der Waals surface area contributed by atoms with Crippen molar-refractivity contribution in [3.8, 4) is 11.1 Å². The number of amides is 1. The third-order valence-corrected chi connectivity index (χ3v) is 7.49. The SMILES string of the molecule is Cc1c(NC(=O)c2ccc(C(C)(C)C)cc2)cccc1-c1cc(Nc2ccc(CN(C)C(C)C)cn2)c(=O)n(C)c1. The predicted molar refractivity (Wildman–Crippen MR) is 169 cm³/mol. The Kier molecular flexibility index (Phi) is 8.78. The number of hydrogen-bond acceptors (Lipinski definition) is 5. The number of hydrogen-bond donors (Lipinski definition) is 2. The van der Waals surface area contributed by atoms with Crippen LogP contribution in [-0.4, -0.2) is 33.4 Å². The molecule has 0 aliphatic rings. The first-order valence-corrected chi connectivity index (χ1v) is 14.0. The van der Waals surface area contributed by atoms with E-state index in [2.05, 4.69) is 62.2 Å². The van der Waals surface area contributed by atoms with Crippen LogP contribution in [-0.2, 0) is 19.0 Å². The second kappa shape index (κ2) is 12.1. The van der Waals surface area contributed by atoms with Crippen molar-refractivity contribution in [1.29, 1.82) is 0 Å². The molecule has 41 heavy (non-hydrogen) atoms. The summed E-state index contributed by atoms with van der Waals surface area (Å²) < 4.78 is 1.56. The van der Waals surface area contributed by atoms with Gasteiger partial charge in [0.05, 0.1) is 0 Å². The van der Waals surface area contributed by atoms with Gasteiger partial charge in [-0.2, -0.15) is 0 Å². The lowest BCUT2D eigenvalue weighted by atomic mass is 9.86. The van der Waals surface area contributed by atoms with Crippen LogP contribution in [0.2, 0.25) is 0 Å². The van der Waals surface area contributed by atoms with Gasteiger partial charge in [-0.25, -0.2) is 4.98 Å². The molecule has 0 spiro atoms. The van der Waals surface area contributed by atoms with Gasteiger partial charge in [0.2, 0.25) is 0 Å². The number of pyridine rings is 2. The van der Waals surface area contributed by atoms with Gasteiger partial charge in [0.25, 0.3) is 11.5 Å². The number of anilines is 3. The fraction of sp³-hybridized carbons (Fsp3) is 0.324. The molecule has 2 aromatic heterocycles. The maximum absolute atomic E-state index is 13.1. The molecule has 0 saturated heterocycles. The van der Waals surface area contributed by atoms with Gasteiger partial charge in [-0.05, 0) is 85.8 Å². The summed E-state index contributed by atoms with van der Waals surface area (Å²) >= 11 is 0. The Morgan fingerprint density at radius 1 is 1.02 bits per heavy atom. The van der Waals surface area contributed by atoms with Gasteiger partial charge in [0.1, 0.15) is 11.5 Å². The van der Waals surface area contributed by atoms with Crippen LogP contribution in [0.1, 0.15) is 61.7 Å². The lowest BCUT2D eigenvalue weighted by Gasteiger charge is -2.20. The molecule has 0 atom stereocenters. The van der Waals surface area contributed by atoms with Crippen LogP contribution in [0.5, 0.6) is 0 Å². The zero-order valence-corrected chi connectivity index (χ0v) is 25.4. The van der Waals surface area contributed by atoms with E-state index in [1.165, 1.54) is 5.56 Å². The highest BCUT2D eigenvalue weighted by Crippen LogP contribution is 2.30. The van der Waals surface area contributed by atoms with Gasteiger partial charge in [0, 0.05) is 48.8 Å². The molecule has 2 heterocycles. The molecule has 4 rings (SSSR count). The molecule has 7 heteroatoms. The number of nitrogens with zero attached hydrogens (tertiary/aromatic N) is 3. The van der Waals surface area contributed by atoms with E-state index in [4.69, 9.17) is 0 Å². The van der Waals surface area contributed by atoms with Gasteiger partial charge < -0.3 is 15.2 Å². The van der Waals surface area contributed by atoms with Gasteiger partial charge in [-0.15, -0.1) is 0 Å². The number of nitrogens with one attached hydrogen (secondary N) is 2. The molecule has 4 aromatic rings. The molecule has 0 fully saturated rings. The summed E-state index contributed by atoms with van der Waals surface area (Å²) in [6, 6.07) is 19.7. The number of benzene rings is 2. The van der Waals surface area contributed by atoms with Crippen molar-refractivity contribution in [1.82, 2.24) is 14.5 Å². The Balaban J connectivity index is 1.57. The Labute approximate surface area is 243 Å². The van der Waals surface area contributed by atoms with Crippen LogP contribution < -0.4 is 16.2 Å². The Morgan fingerprint density at radius 2 is 1.73 bits per heavy atom. The number of carbonyl (C=O) groups excluding carboxylic acids is 1. The molecule has 0 aliphatic heterocycles. The molecule has 0 aliphatic carbocycles. The topological polar surface area (TPSA) is 79.3 Å². The van der Waals surface area contributed by atoms with E-state index >= 15 is 0 Å². The molecule has 2 N–H and O–H groups in total. The maximum atomic E-state index is 13.1. The number of aryl methyl sites for hydroxylation is 1. The average molecular weight is 552 g/mol. The van der Waals surface area contributed by atoms with Crippen LogP contribution in [0.15, 0.2) is 77.9 Å². The first-order valence-electron chi connectivity index (χ1n) is 14.0. The zero-order chi connectivity index (χ0) is 29.9. The summed E-state index contributed by atoms with van der Waals surface area (Å²) in [7, 11) is 3.82. The second-order valence-electron chi connectivity index (χ2n) is 12.0. The quantitative estimate of drug-likeness (QED) is 0.249. The minimum absolute atomic E-state index is 0.0212. The van der Waals surface area contributed by atoms with E-state index in [9.17, 15) is 9.59 Å². The highest BCUT2D eigenvalue weighted by atomic mass is 16.1. The van der Waals surface area contributed by atoms with Crippen LogP contribution in [0, 0.1) is 6.92 Å². The second-order valence-corrected chi connectivity index (χ2v) is 12.0. The van der Waals surface area contributed by atoms with Crippen molar-refractivity contribution >= 4 is 23.1 Å². The van der Waals surface area contributed by atoms with E-state index in [0.717, 1.165) is 34.5 Å². The van der Waals surface area contributed by atoms with Crippen molar-refractivity contribution < 1.29 is 4.79 Å². The minimum Gasteiger partial charge on any atom is -0.336 e. The van der Waals surface area contributed by atoms with Crippen LogP contribution >= 0.6 is 0 Å². The largest absolute Gasteiger partial charge is 0.336 e. The van der Waals surface area contributed by atoms with E-state index in [0.29, 0.717) is 23.1 Å². The third-order valence-electron chi connectivity index (χ3n) is 7.49. The number of rotatable bonds is 8. The molecule has 214 valence electrons. The summed E-state index contributed by atoms with van der Waals surface area (Å²) in [4.78, 5) is 32.8. The molecule has 2 aromatic carbocycles. The van der Waals surface area contributed by atoms with Crippen LogP contribution in [0.3, 0.4) is 0 Å². The van der Waals surface area contributed by atoms with Gasteiger partial charge in [-0.1, -0.05) is 51.1 Å². The molecule has 1 amide bonds. The summed E-state index contributed by atoms with van der Waals surface area (Å²) in [5, 5.41) is 6.27. The van der Waals surface area contributed by atoms with E-state index < -0.39 is 0 Å². The van der Waals surface area contributed by atoms with Crippen molar-refractivity contribution in [2.24, 2.45) is 7.05 Å². The summed E-state index contributed by atoms with van der Waals surface area (Å²) in [5.41, 5.74) is 6.59. The fourth-order valence-corrected chi connectivity index (χ4v) is 4.55. The Morgan fingerprint density at radius 3 is 2.34 bits per heavy atom. The minimum atomic E-state index is -0.164. The summed E-state index contributed by atoms with van der Waals surface area (Å²) in [6.45, 7) is 13.5. The molecule has 0 saturated carbocycles. The standard InChI is InChI=1S/C34H41N5O2/c1-22(2)38(7)20-24-12-17-31(35-19-24)36-30-18-26(21-39(8)33(30)41)28-10-9-11-29(23(28)3)37-32(40)25-13-15-27(16-14-25)34(4,5)6/h9-19,21-22H,20H2,1-8H3,(H,35,36)(H,37,40). The highest BCUT2D eigenvalue weighted by molar-refractivity contribution is 6.05. The normalized spacial score (nSPS) is 11.7. The van der Waals surface area contributed by atoms with Crippen molar-refractivity contribution in [2.45, 2.75) is 59.5 Å². The van der Waals surface area contributed by atoms with E-state index in [-0.39, 0.29) is 16.9 Å². The summed E-state index contributed by atoms with van der Waals surface area (Å²) in [6.07, 6.45) is 3.65. The number of aromatic nitrogens is 2. The summed E-state index contributed by atoms with van der Waals surface area (Å²) in [5.74, 6) is 0.438. The van der Waals surface area contributed by atoms with Gasteiger partial charge in [0.15, 0.2) is 0 Å². The Bertz CT molecular complexity index is 1580. The average Bonchev–Trinajstić information content (AvgIpc) is 2.92. The van der Waals surface area contributed by atoms with Gasteiger partial charge in [-0.3, -0.25) is 14.5 Å². The fourth-order valence-electron chi connectivity index (χ4n) is 4.55. The molecule has 7 nitrogen and oxygen atoms in total. The molecule has 0 unspecified atom stereocenters. The zero-order valence-electron chi connectivity index (χ0n) is 25.4. The lowest BCUT2D eigenvalue weighted by molar-refractivity contribution is 0.102. The number of carbonyl (C=O) groups is 1.